The molecule has 0 unspecified atom stereocenters. The molecule has 1 aromatic heterocycles. The number of carbonyl (C=O) groups is 3. The zero-order valence-corrected chi connectivity index (χ0v) is 13.4. The largest absolute Gasteiger partial charge is 0.450 e. The fraction of sp³-hybridized carbons (Fsp3) is 0.400. The highest BCUT2D eigenvalue weighted by Crippen LogP contribution is 2.26. The average molecular weight is 367 g/mol. The van der Waals surface area contributed by atoms with Crippen LogP contribution in [-0.4, -0.2) is 28.8 Å². The number of barbiturate groups is 1. The summed E-state index contributed by atoms with van der Waals surface area (Å²) in [5.74, 6) is -0.855. The minimum absolute atomic E-state index is 0.0768. The third-order valence-corrected chi connectivity index (χ3v) is 4.38. The molecule has 0 atom stereocenters. The fourth-order valence-electron chi connectivity index (χ4n) is 2.89. The Hall–Kier alpha value is -1.89. The van der Waals surface area contributed by atoms with E-state index in [4.69, 9.17) is 4.42 Å². The maximum absolute atomic E-state index is 12.6. The lowest BCUT2D eigenvalue weighted by atomic mass is 9.93. The molecule has 1 aliphatic heterocycles. The number of nitrogens with one attached hydrogen (secondary N) is 1. The van der Waals surface area contributed by atoms with E-state index in [0.29, 0.717) is 10.4 Å². The summed E-state index contributed by atoms with van der Waals surface area (Å²) < 4.78 is 5.80. The number of furan rings is 1. The van der Waals surface area contributed by atoms with Gasteiger partial charge < -0.3 is 4.42 Å². The molecule has 116 valence electrons. The molecule has 1 aromatic rings. The Labute approximate surface area is 135 Å². The van der Waals surface area contributed by atoms with Gasteiger partial charge in [-0.3, -0.25) is 19.8 Å². The third kappa shape index (κ3) is 2.85. The number of carbonyl (C=O) groups excluding carboxylic acids is 3. The molecule has 0 bridgehead atoms. The summed E-state index contributed by atoms with van der Waals surface area (Å²) in [6.07, 6.45) is 6.02. The lowest BCUT2D eigenvalue weighted by Gasteiger charge is -2.35. The van der Waals surface area contributed by atoms with Crippen LogP contribution in [0, 0.1) is 0 Å². The number of urea groups is 1. The smallest absolute Gasteiger partial charge is 0.331 e. The molecule has 0 aromatic carbocycles. The summed E-state index contributed by atoms with van der Waals surface area (Å²) in [7, 11) is 0. The Morgan fingerprint density at radius 3 is 2.55 bits per heavy atom. The number of halogens is 1. The van der Waals surface area contributed by atoms with Gasteiger partial charge in [-0.2, -0.15) is 0 Å². The number of hydrogen-bond acceptors (Lipinski definition) is 4. The predicted molar refractivity (Wildman–Crippen MR) is 81.6 cm³/mol. The second-order valence-electron chi connectivity index (χ2n) is 5.43. The van der Waals surface area contributed by atoms with Crippen LogP contribution in [0.1, 0.15) is 37.9 Å². The molecule has 22 heavy (non-hydrogen) atoms. The van der Waals surface area contributed by atoms with Gasteiger partial charge in [0, 0.05) is 6.04 Å². The Bertz CT molecular complexity index is 658. The molecule has 1 saturated heterocycles. The van der Waals surface area contributed by atoms with Crippen molar-refractivity contribution in [2.24, 2.45) is 0 Å². The van der Waals surface area contributed by atoms with Gasteiger partial charge in [0.25, 0.3) is 11.8 Å². The molecule has 2 fully saturated rings. The Morgan fingerprint density at radius 2 is 1.91 bits per heavy atom. The fourth-order valence-corrected chi connectivity index (χ4v) is 3.21. The number of nitrogens with zero attached hydrogens (tertiary/aromatic N) is 1. The maximum Gasteiger partial charge on any atom is 0.331 e. The summed E-state index contributed by atoms with van der Waals surface area (Å²) in [6.45, 7) is 0. The molecule has 3 rings (SSSR count). The van der Waals surface area contributed by atoms with Crippen LogP contribution in [0.2, 0.25) is 0 Å². The van der Waals surface area contributed by atoms with Gasteiger partial charge in [0.15, 0.2) is 4.67 Å². The van der Waals surface area contributed by atoms with Crippen molar-refractivity contribution < 1.29 is 18.8 Å². The van der Waals surface area contributed by atoms with Crippen LogP contribution in [0.5, 0.6) is 0 Å². The van der Waals surface area contributed by atoms with E-state index in [-0.39, 0.29) is 11.6 Å². The zero-order chi connectivity index (χ0) is 15.7. The van der Waals surface area contributed by atoms with Gasteiger partial charge in [0.1, 0.15) is 11.3 Å². The maximum atomic E-state index is 12.6. The van der Waals surface area contributed by atoms with Crippen LogP contribution in [0.15, 0.2) is 26.8 Å². The van der Waals surface area contributed by atoms with Crippen LogP contribution in [0.3, 0.4) is 0 Å². The molecular weight excluding hydrogens is 352 g/mol. The monoisotopic (exact) mass is 366 g/mol. The lowest BCUT2D eigenvalue weighted by molar-refractivity contribution is -0.132. The molecule has 1 N–H and O–H groups in total. The first-order valence-corrected chi connectivity index (χ1v) is 8.01. The van der Waals surface area contributed by atoms with Crippen molar-refractivity contribution in [3.63, 3.8) is 0 Å². The van der Waals surface area contributed by atoms with Crippen molar-refractivity contribution in [1.29, 1.82) is 0 Å². The molecule has 1 aliphatic carbocycles. The Kier molecular flexibility index (Phi) is 4.15. The van der Waals surface area contributed by atoms with E-state index in [2.05, 4.69) is 21.2 Å². The second kappa shape index (κ2) is 6.08. The highest BCUT2D eigenvalue weighted by molar-refractivity contribution is 9.10. The predicted octanol–water partition coefficient (Wildman–Crippen LogP) is 2.84. The zero-order valence-electron chi connectivity index (χ0n) is 11.8. The normalized spacial score (nSPS) is 22.3. The summed E-state index contributed by atoms with van der Waals surface area (Å²) in [5, 5.41) is 2.24. The van der Waals surface area contributed by atoms with Gasteiger partial charge >= 0.3 is 6.03 Å². The van der Waals surface area contributed by atoms with E-state index in [0.717, 1.165) is 32.1 Å². The summed E-state index contributed by atoms with van der Waals surface area (Å²) in [5.41, 5.74) is -0.0768. The van der Waals surface area contributed by atoms with Crippen molar-refractivity contribution in [2.45, 2.75) is 38.1 Å². The van der Waals surface area contributed by atoms with Crippen LogP contribution in [-0.2, 0) is 9.59 Å². The molecular formula is C15H15BrN2O4. The van der Waals surface area contributed by atoms with E-state index in [1.165, 1.54) is 11.0 Å². The minimum atomic E-state index is -0.686. The number of rotatable bonds is 2. The molecule has 4 amide bonds. The SMILES string of the molecule is O=C1NC(=O)N(C2CCCCC2)C(=O)C1=Cc1ccc(Br)o1. The van der Waals surface area contributed by atoms with Crippen molar-refractivity contribution in [2.75, 3.05) is 0 Å². The van der Waals surface area contributed by atoms with Crippen molar-refractivity contribution >= 4 is 39.9 Å². The first kappa shape index (κ1) is 15.0. The van der Waals surface area contributed by atoms with Crippen molar-refractivity contribution in [1.82, 2.24) is 10.2 Å². The number of hydrogen-bond donors (Lipinski definition) is 1. The first-order valence-electron chi connectivity index (χ1n) is 7.22. The van der Waals surface area contributed by atoms with E-state index in [9.17, 15) is 14.4 Å². The van der Waals surface area contributed by atoms with E-state index in [1.54, 1.807) is 12.1 Å². The van der Waals surface area contributed by atoms with Gasteiger partial charge in [-0.1, -0.05) is 19.3 Å². The van der Waals surface area contributed by atoms with Gasteiger partial charge in [-0.25, -0.2) is 4.79 Å². The topological polar surface area (TPSA) is 79.6 Å². The third-order valence-electron chi connectivity index (χ3n) is 3.95. The quantitative estimate of drug-likeness (QED) is 0.644. The van der Waals surface area contributed by atoms with Gasteiger partial charge in [-0.05, 0) is 47.0 Å². The second-order valence-corrected chi connectivity index (χ2v) is 6.21. The van der Waals surface area contributed by atoms with Gasteiger partial charge in [0.05, 0.1) is 0 Å². The molecule has 0 spiro atoms. The highest BCUT2D eigenvalue weighted by atomic mass is 79.9. The van der Waals surface area contributed by atoms with E-state index >= 15 is 0 Å². The molecule has 2 aliphatic rings. The van der Waals surface area contributed by atoms with Crippen LogP contribution >= 0.6 is 15.9 Å². The molecule has 2 heterocycles. The molecule has 7 heteroatoms. The summed E-state index contributed by atoms with van der Waals surface area (Å²) in [4.78, 5) is 37.7. The average Bonchev–Trinajstić information content (AvgIpc) is 2.90. The highest BCUT2D eigenvalue weighted by Gasteiger charge is 2.40. The van der Waals surface area contributed by atoms with Crippen LogP contribution in [0.4, 0.5) is 4.79 Å². The van der Waals surface area contributed by atoms with Crippen LogP contribution < -0.4 is 5.32 Å². The van der Waals surface area contributed by atoms with Crippen molar-refractivity contribution in [3.05, 3.63) is 28.1 Å². The Morgan fingerprint density at radius 1 is 1.18 bits per heavy atom. The number of amides is 4. The summed E-state index contributed by atoms with van der Waals surface area (Å²) >= 11 is 3.17. The molecule has 0 radical (unpaired) electrons. The molecule has 1 saturated carbocycles. The minimum Gasteiger partial charge on any atom is -0.450 e. The van der Waals surface area contributed by atoms with Gasteiger partial charge in [0.2, 0.25) is 0 Å². The molecule has 6 nitrogen and oxygen atoms in total. The van der Waals surface area contributed by atoms with Crippen molar-refractivity contribution in [3.8, 4) is 0 Å². The van der Waals surface area contributed by atoms with Crippen LogP contribution in [0.25, 0.3) is 6.08 Å². The first-order chi connectivity index (χ1) is 10.6. The number of imide groups is 2. The van der Waals surface area contributed by atoms with E-state index < -0.39 is 17.8 Å². The summed E-state index contributed by atoms with van der Waals surface area (Å²) in [6, 6.07) is 2.54. The Balaban J connectivity index is 1.90. The van der Waals surface area contributed by atoms with E-state index in [1.807, 2.05) is 0 Å². The standard InChI is InChI=1S/C15H15BrN2O4/c16-12-7-6-10(22-12)8-11-13(19)17-15(21)18(14(11)20)9-4-2-1-3-5-9/h6-9H,1-5H2,(H,17,19,21). The van der Waals surface area contributed by atoms with Gasteiger partial charge in [-0.15, -0.1) is 0 Å². The lowest BCUT2D eigenvalue weighted by Crippen LogP contribution is -2.58.